The fraction of sp³-hybridized carbons (Fsp3) is 1.00. The van der Waals surface area contributed by atoms with E-state index in [2.05, 4.69) is 18.1 Å². The standard InChI is InChI=1S/C6H16O7P2/c1-10-14(8,11-2)6(5-7)15(9,12-3)13-4/h6-7H,5H2,1-4H3. The maximum atomic E-state index is 11.9. The summed E-state index contributed by atoms with van der Waals surface area (Å²) in [5.74, 6) is 0. The average Bonchev–Trinajstić information content (AvgIpc) is 2.29. The molecule has 0 saturated heterocycles. The van der Waals surface area contributed by atoms with Gasteiger partial charge in [-0.3, -0.25) is 9.13 Å². The largest absolute Gasteiger partial charge is 0.395 e. The molecule has 0 fully saturated rings. The normalized spacial score (nSPS) is 13.5. The van der Waals surface area contributed by atoms with Crippen LogP contribution in [0.3, 0.4) is 0 Å². The number of rotatable bonds is 7. The molecule has 15 heavy (non-hydrogen) atoms. The minimum atomic E-state index is -3.71. The van der Waals surface area contributed by atoms with Crippen LogP contribution in [0.25, 0.3) is 0 Å². The third-order valence-corrected chi connectivity index (χ3v) is 7.43. The molecule has 9 heteroatoms. The van der Waals surface area contributed by atoms with Crippen molar-refractivity contribution in [2.24, 2.45) is 0 Å². The molecule has 0 amide bonds. The van der Waals surface area contributed by atoms with Crippen LogP contribution < -0.4 is 0 Å². The predicted octanol–water partition coefficient (Wildman–Crippen LogP) is 1.28. The maximum absolute atomic E-state index is 11.9. The van der Waals surface area contributed by atoms with E-state index in [1.54, 1.807) is 0 Å². The molecule has 0 aliphatic heterocycles. The van der Waals surface area contributed by atoms with E-state index in [1.807, 2.05) is 0 Å². The van der Waals surface area contributed by atoms with Crippen molar-refractivity contribution < 1.29 is 32.3 Å². The first-order valence-corrected chi connectivity index (χ1v) is 7.19. The molecular weight excluding hydrogens is 246 g/mol. The summed E-state index contributed by atoms with van der Waals surface area (Å²) in [5, 5.41) is 7.71. The van der Waals surface area contributed by atoms with Crippen LogP contribution in [-0.2, 0) is 27.2 Å². The van der Waals surface area contributed by atoms with Crippen molar-refractivity contribution in [2.45, 2.75) is 5.40 Å². The number of aliphatic hydroxyl groups excluding tert-OH is 1. The van der Waals surface area contributed by atoms with Crippen molar-refractivity contribution >= 4 is 15.2 Å². The van der Waals surface area contributed by atoms with Crippen LogP contribution >= 0.6 is 15.2 Å². The highest BCUT2D eigenvalue weighted by Gasteiger charge is 2.48. The van der Waals surface area contributed by atoms with Gasteiger partial charge in [-0.2, -0.15) is 0 Å². The third kappa shape index (κ3) is 3.11. The lowest BCUT2D eigenvalue weighted by Gasteiger charge is -2.27. The smallest absolute Gasteiger partial charge is 0.347 e. The van der Waals surface area contributed by atoms with Crippen molar-refractivity contribution in [1.29, 1.82) is 0 Å². The molecule has 0 spiro atoms. The Labute approximate surface area is 88.7 Å². The zero-order valence-electron chi connectivity index (χ0n) is 9.08. The molecule has 0 saturated carbocycles. The molecule has 0 aliphatic rings. The van der Waals surface area contributed by atoms with Crippen molar-refractivity contribution in [2.75, 3.05) is 35.0 Å². The minimum Gasteiger partial charge on any atom is -0.395 e. The summed E-state index contributed by atoms with van der Waals surface area (Å²) in [7, 11) is -2.91. The van der Waals surface area contributed by atoms with E-state index in [0.29, 0.717) is 0 Å². The van der Waals surface area contributed by atoms with E-state index < -0.39 is 27.2 Å². The summed E-state index contributed by atoms with van der Waals surface area (Å²) in [5.41, 5.74) is 0. The third-order valence-electron chi connectivity index (χ3n) is 1.91. The maximum Gasteiger partial charge on any atom is 0.347 e. The minimum absolute atomic E-state index is 0.697. The van der Waals surface area contributed by atoms with Crippen molar-refractivity contribution in [3.8, 4) is 0 Å². The number of hydrogen-bond donors (Lipinski definition) is 1. The molecule has 0 aromatic heterocycles. The molecule has 0 radical (unpaired) electrons. The zero-order chi connectivity index (χ0) is 12.1. The van der Waals surface area contributed by atoms with Gasteiger partial charge >= 0.3 is 15.2 Å². The van der Waals surface area contributed by atoms with Gasteiger partial charge in [0, 0.05) is 28.4 Å². The summed E-state index contributed by atoms with van der Waals surface area (Å²) in [6.07, 6.45) is 0. The Hall–Kier alpha value is 0.260. The van der Waals surface area contributed by atoms with Gasteiger partial charge in [-0.1, -0.05) is 0 Å². The molecule has 1 N–H and O–H groups in total. The fourth-order valence-corrected chi connectivity index (χ4v) is 5.20. The Morgan fingerprint density at radius 1 is 0.933 bits per heavy atom. The summed E-state index contributed by atoms with van der Waals surface area (Å²) in [6, 6.07) is 0. The average molecular weight is 262 g/mol. The van der Waals surface area contributed by atoms with E-state index in [0.717, 1.165) is 28.4 Å². The van der Waals surface area contributed by atoms with Gasteiger partial charge in [-0.25, -0.2) is 0 Å². The van der Waals surface area contributed by atoms with Gasteiger partial charge in [0.2, 0.25) is 0 Å². The molecule has 0 aliphatic carbocycles. The van der Waals surface area contributed by atoms with Crippen LogP contribution in [0.15, 0.2) is 0 Å². The van der Waals surface area contributed by atoms with Crippen molar-refractivity contribution in [1.82, 2.24) is 0 Å². The molecule has 0 atom stereocenters. The molecule has 0 aromatic carbocycles. The highest BCUT2D eigenvalue weighted by atomic mass is 31.2. The van der Waals surface area contributed by atoms with Gasteiger partial charge in [0.15, 0.2) is 5.40 Å². The molecule has 0 rings (SSSR count). The predicted molar refractivity (Wildman–Crippen MR) is 54.1 cm³/mol. The van der Waals surface area contributed by atoms with Gasteiger partial charge in [0.1, 0.15) is 0 Å². The lowest BCUT2D eigenvalue weighted by molar-refractivity contribution is 0.218. The van der Waals surface area contributed by atoms with Crippen molar-refractivity contribution in [3.63, 3.8) is 0 Å². The Kier molecular flexibility index (Phi) is 6.21. The lowest BCUT2D eigenvalue weighted by Crippen LogP contribution is -2.18. The summed E-state index contributed by atoms with van der Waals surface area (Å²) < 4.78 is 42.3. The highest BCUT2D eigenvalue weighted by Crippen LogP contribution is 2.68. The van der Waals surface area contributed by atoms with E-state index in [4.69, 9.17) is 5.11 Å². The number of hydrogen-bond acceptors (Lipinski definition) is 7. The van der Waals surface area contributed by atoms with Gasteiger partial charge < -0.3 is 23.2 Å². The first-order chi connectivity index (χ1) is 6.94. The summed E-state index contributed by atoms with van der Waals surface area (Å²) >= 11 is 0. The van der Waals surface area contributed by atoms with Crippen LogP contribution in [0.2, 0.25) is 0 Å². The van der Waals surface area contributed by atoms with Crippen LogP contribution in [0.1, 0.15) is 0 Å². The lowest BCUT2D eigenvalue weighted by atomic mass is 10.9. The zero-order valence-corrected chi connectivity index (χ0v) is 10.9. The molecular formula is C6H16O7P2. The van der Waals surface area contributed by atoms with Gasteiger partial charge in [0.05, 0.1) is 6.61 Å². The molecule has 0 aromatic rings. The fourth-order valence-electron chi connectivity index (χ4n) is 1.01. The van der Waals surface area contributed by atoms with Crippen molar-refractivity contribution in [3.05, 3.63) is 0 Å². The van der Waals surface area contributed by atoms with Gasteiger partial charge in [-0.15, -0.1) is 0 Å². The Morgan fingerprint density at radius 2 is 1.20 bits per heavy atom. The molecule has 0 bridgehead atoms. The van der Waals surface area contributed by atoms with E-state index in [9.17, 15) is 9.13 Å². The molecule has 92 valence electrons. The number of aliphatic hydroxyl groups is 1. The van der Waals surface area contributed by atoms with Gasteiger partial charge in [-0.05, 0) is 0 Å². The SMILES string of the molecule is COP(=O)(OC)C(CO)P(=O)(OC)OC. The van der Waals surface area contributed by atoms with E-state index in [1.165, 1.54) is 0 Å². The summed E-state index contributed by atoms with van der Waals surface area (Å²) in [6.45, 7) is -0.697. The van der Waals surface area contributed by atoms with Crippen LogP contribution in [0, 0.1) is 0 Å². The monoisotopic (exact) mass is 262 g/mol. The highest BCUT2D eigenvalue weighted by molar-refractivity contribution is 7.72. The molecule has 0 heterocycles. The topological polar surface area (TPSA) is 91.3 Å². The molecule has 0 unspecified atom stereocenters. The first-order valence-electron chi connectivity index (χ1n) is 3.97. The first kappa shape index (κ1) is 15.3. The second-order valence-electron chi connectivity index (χ2n) is 2.47. The van der Waals surface area contributed by atoms with E-state index >= 15 is 0 Å². The van der Waals surface area contributed by atoms with Gasteiger partial charge in [0.25, 0.3) is 0 Å². The van der Waals surface area contributed by atoms with Crippen LogP contribution in [0.4, 0.5) is 0 Å². The molecule has 7 nitrogen and oxygen atoms in total. The Balaban J connectivity index is 5.22. The Bertz CT molecular complexity index is 237. The van der Waals surface area contributed by atoms with E-state index in [-0.39, 0.29) is 0 Å². The quantitative estimate of drug-likeness (QED) is 0.691. The second-order valence-corrected chi connectivity index (χ2v) is 7.75. The summed E-state index contributed by atoms with van der Waals surface area (Å²) in [4.78, 5) is 0. The van der Waals surface area contributed by atoms with Crippen LogP contribution in [0.5, 0.6) is 0 Å². The second kappa shape index (κ2) is 6.11. The Morgan fingerprint density at radius 3 is 1.33 bits per heavy atom. The van der Waals surface area contributed by atoms with Crippen LogP contribution in [-0.4, -0.2) is 45.6 Å².